The molecule has 0 fully saturated rings. The van der Waals surface area contributed by atoms with E-state index in [4.69, 9.17) is 14.1 Å². The van der Waals surface area contributed by atoms with Crippen LogP contribution in [0.1, 0.15) is 0 Å². The number of hydrogen-bond acceptors (Lipinski definition) is 4. The smallest absolute Gasteiger partial charge is 0.151 e. The van der Waals surface area contributed by atoms with E-state index < -0.39 is 0 Å². The van der Waals surface area contributed by atoms with Crippen LogP contribution in [0.15, 0.2) is 162 Å². The molecule has 0 bridgehead atoms. The number of ether oxygens (including phenoxy) is 1. The summed E-state index contributed by atoms with van der Waals surface area (Å²) in [7, 11) is 0. The molecule has 0 spiro atoms. The van der Waals surface area contributed by atoms with Crippen molar-refractivity contribution in [2.45, 2.75) is 0 Å². The van der Waals surface area contributed by atoms with Crippen molar-refractivity contribution >= 4 is 60.7 Å². The molecule has 10 rings (SSSR count). The van der Waals surface area contributed by atoms with Crippen LogP contribution in [-0.4, -0.2) is 4.98 Å². The second kappa shape index (κ2) is 10.1. The van der Waals surface area contributed by atoms with Crippen LogP contribution >= 0.6 is 0 Å². The molecule has 2 aromatic heterocycles. The minimum atomic E-state index is 0.832. The van der Waals surface area contributed by atoms with Gasteiger partial charge in [-0.3, -0.25) is 0 Å². The highest BCUT2D eigenvalue weighted by Gasteiger charge is 2.26. The van der Waals surface area contributed by atoms with Gasteiger partial charge in [-0.25, -0.2) is 4.98 Å². The molecule has 0 N–H and O–H groups in total. The van der Waals surface area contributed by atoms with Gasteiger partial charge in [0, 0.05) is 43.7 Å². The van der Waals surface area contributed by atoms with Crippen molar-refractivity contribution in [2.75, 3.05) is 4.90 Å². The SMILES string of the molecule is c1ccc(-c2nc3c(-c4cccc(N5c6ccccc6Oc6ccccc65)c4)cccc3c3c2ccc2oc4ccccc4c23)cc1. The maximum Gasteiger partial charge on any atom is 0.151 e. The second-order valence-corrected chi connectivity index (χ2v) is 11.9. The number of hydrogen-bond donors (Lipinski definition) is 0. The van der Waals surface area contributed by atoms with Crippen LogP contribution in [0, 0.1) is 0 Å². The maximum atomic E-state index is 6.37. The summed E-state index contributed by atoms with van der Waals surface area (Å²) in [5.41, 5.74) is 9.98. The monoisotopic (exact) mass is 602 g/mol. The zero-order chi connectivity index (χ0) is 30.9. The average molecular weight is 603 g/mol. The third kappa shape index (κ3) is 3.92. The molecule has 47 heavy (non-hydrogen) atoms. The number of para-hydroxylation sites is 6. The molecular weight excluding hydrogens is 576 g/mol. The van der Waals surface area contributed by atoms with Crippen LogP contribution < -0.4 is 9.64 Å². The second-order valence-electron chi connectivity index (χ2n) is 11.9. The van der Waals surface area contributed by atoms with Gasteiger partial charge in [-0.1, -0.05) is 103 Å². The lowest BCUT2D eigenvalue weighted by Gasteiger charge is -2.33. The van der Waals surface area contributed by atoms with Crippen molar-refractivity contribution in [3.05, 3.63) is 158 Å². The lowest BCUT2D eigenvalue weighted by Crippen LogP contribution is -2.15. The van der Waals surface area contributed by atoms with Crippen molar-refractivity contribution in [3.63, 3.8) is 0 Å². The summed E-state index contributed by atoms with van der Waals surface area (Å²) in [5, 5.41) is 5.59. The molecule has 0 aliphatic carbocycles. The Morgan fingerprint density at radius 3 is 1.98 bits per heavy atom. The topological polar surface area (TPSA) is 38.5 Å². The van der Waals surface area contributed by atoms with Gasteiger partial charge in [-0.2, -0.15) is 0 Å². The summed E-state index contributed by atoms with van der Waals surface area (Å²) in [6.07, 6.45) is 0. The third-order valence-corrected chi connectivity index (χ3v) is 9.22. The van der Waals surface area contributed by atoms with Crippen molar-refractivity contribution < 1.29 is 9.15 Å². The number of benzene rings is 7. The van der Waals surface area contributed by atoms with Crippen molar-refractivity contribution in [1.82, 2.24) is 4.98 Å². The van der Waals surface area contributed by atoms with E-state index in [9.17, 15) is 0 Å². The fourth-order valence-corrected chi connectivity index (χ4v) is 7.18. The fraction of sp³-hybridized carbons (Fsp3) is 0. The van der Waals surface area contributed by atoms with Gasteiger partial charge in [-0.05, 0) is 60.2 Å². The first-order valence-corrected chi connectivity index (χ1v) is 15.8. The van der Waals surface area contributed by atoms with Crippen LogP contribution in [-0.2, 0) is 0 Å². The lowest BCUT2D eigenvalue weighted by atomic mass is 9.93. The van der Waals surface area contributed by atoms with E-state index in [1.54, 1.807) is 0 Å². The zero-order valence-electron chi connectivity index (χ0n) is 25.2. The zero-order valence-corrected chi connectivity index (χ0v) is 25.2. The molecule has 0 amide bonds. The number of rotatable bonds is 3. The largest absolute Gasteiger partial charge is 0.456 e. The molecule has 1 aliphatic heterocycles. The van der Waals surface area contributed by atoms with E-state index in [0.29, 0.717) is 0 Å². The first kappa shape index (κ1) is 25.9. The van der Waals surface area contributed by atoms with Crippen LogP contribution in [0.25, 0.3) is 66.0 Å². The molecule has 220 valence electrons. The van der Waals surface area contributed by atoms with Gasteiger partial charge in [-0.15, -0.1) is 0 Å². The van der Waals surface area contributed by atoms with Gasteiger partial charge in [0.2, 0.25) is 0 Å². The van der Waals surface area contributed by atoms with E-state index >= 15 is 0 Å². The molecule has 0 saturated heterocycles. The highest BCUT2D eigenvalue weighted by Crippen LogP contribution is 2.51. The predicted molar refractivity (Wildman–Crippen MR) is 192 cm³/mol. The average Bonchev–Trinajstić information content (AvgIpc) is 3.52. The minimum Gasteiger partial charge on any atom is -0.456 e. The summed E-state index contributed by atoms with van der Waals surface area (Å²) < 4.78 is 12.7. The van der Waals surface area contributed by atoms with Crippen molar-refractivity contribution in [1.29, 1.82) is 0 Å². The van der Waals surface area contributed by atoms with Crippen LogP contribution in [0.4, 0.5) is 17.1 Å². The lowest BCUT2D eigenvalue weighted by molar-refractivity contribution is 0.477. The summed E-state index contributed by atoms with van der Waals surface area (Å²) in [6.45, 7) is 0. The molecule has 0 radical (unpaired) electrons. The molecule has 0 atom stereocenters. The van der Waals surface area contributed by atoms with Gasteiger partial charge < -0.3 is 14.1 Å². The number of anilines is 3. The molecule has 9 aromatic rings. The van der Waals surface area contributed by atoms with E-state index in [1.807, 2.05) is 42.5 Å². The van der Waals surface area contributed by atoms with Crippen LogP contribution in [0.5, 0.6) is 11.5 Å². The summed E-state index contributed by atoms with van der Waals surface area (Å²) in [4.78, 5) is 7.75. The summed E-state index contributed by atoms with van der Waals surface area (Å²) in [6, 6.07) is 54.7. The molecule has 4 nitrogen and oxygen atoms in total. The number of fused-ring (bicyclic) bond motifs is 9. The van der Waals surface area contributed by atoms with Gasteiger partial charge >= 0.3 is 0 Å². The van der Waals surface area contributed by atoms with Crippen LogP contribution in [0.3, 0.4) is 0 Å². The summed E-state index contributed by atoms with van der Waals surface area (Å²) >= 11 is 0. The Labute approximate surface area is 270 Å². The van der Waals surface area contributed by atoms with E-state index in [0.717, 1.165) is 94.6 Å². The molecule has 0 unspecified atom stereocenters. The fourth-order valence-electron chi connectivity index (χ4n) is 7.18. The van der Waals surface area contributed by atoms with E-state index in [-0.39, 0.29) is 0 Å². The Bertz CT molecular complexity index is 2630. The van der Waals surface area contributed by atoms with Crippen LogP contribution in [0.2, 0.25) is 0 Å². The standard InChI is InChI=1S/C43H26N2O2/c1-2-12-27(13-3-1)42-33-24-25-39-41(31-16-4-7-21-36(31)46-39)40(33)32-18-11-17-30(43(32)44-42)28-14-10-15-29(26-28)45-34-19-5-8-22-37(34)47-38-23-9-6-20-35(38)45/h1-26H. The molecule has 0 saturated carbocycles. The summed E-state index contributed by atoms with van der Waals surface area (Å²) in [5.74, 6) is 1.66. The molecule has 7 aromatic carbocycles. The van der Waals surface area contributed by atoms with Gasteiger partial charge in [0.1, 0.15) is 11.2 Å². The Morgan fingerprint density at radius 1 is 0.468 bits per heavy atom. The molecule has 3 heterocycles. The van der Waals surface area contributed by atoms with Crippen molar-refractivity contribution in [2.24, 2.45) is 0 Å². The normalized spacial score (nSPS) is 12.4. The van der Waals surface area contributed by atoms with E-state index in [1.165, 1.54) is 0 Å². The predicted octanol–water partition coefficient (Wildman–Crippen LogP) is 12.2. The Balaban J connectivity index is 1.26. The minimum absolute atomic E-state index is 0.832. The maximum absolute atomic E-state index is 6.37. The quantitative estimate of drug-likeness (QED) is 0.189. The number of aromatic nitrogens is 1. The van der Waals surface area contributed by atoms with Crippen molar-refractivity contribution in [3.8, 4) is 33.9 Å². The first-order chi connectivity index (χ1) is 23.3. The van der Waals surface area contributed by atoms with E-state index in [2.05, 4.69) is 120 Å². The highest BCUT2D eigenvalue weighted by atomic mass is 16.5. The van der Waals surface area contributed by atoms with Gasteiger partial charge in [0.15, 0.2) is 11.5 Å². The van der Waals surface area contributed by atoms with Gasteiger partial charge in [0.05, 0.1) is 22.6 Å². The van der Waals surface area contributed by atoms with Gasteiger partial charge in [0.25, 0.3) is 0 Å². The number of pyridine rings is 1. The molecule has 1 aliphatic rings. The molecular formula is C43H26N2O2. The first-order valence-electron chi connectivity index (χ1n) is 15.8. The number of furan rings is 1. The number of nitrogens with zero attached hydrogens (tertiary/aromatic N) is 2. The molecule has 4 heteroatoms. The Kier molecular flexibility index (Phi) is 5.54. The highest BCUT2D eigenvalue weighted by molar-refractivity contribution is 6.29. The Hall–Kier alpha value is -6.39. The third-order valence-electron chi connectivity index (χ3n) is 9.22. The Morgan fingerprint density at radius 2 is 1.15 bits per heavy atom.